The van der Waals surface area contributed by atoms with Crippen LogP contribution in [0.25, 0.3) is 21.7 Å². The van der Waals surface area contributed by atoms with Gasteiger partial charge in [0.25, 0.3) is 17.4 Å². The molecular weight excluding hydrogens is 763 g/mol. The minimum Gasteiger partial charge on any atom is -0.490 e. The first-order valence-electron chi connectivity index (χ1n) is 21.0. The van der Waals surface area contributed by atoms with Crippen LogP contribution in [0.1, 0.15) is 73.5 Å². The number of nitrogens with zero attached hydrogens (tertiary/aromatic N) is 9. The highest BCUT2D eigenvalue weighted by atomic mass is 16.5. The Bertz CT molecular complexity index is 2520. The quantitative estimate of drug-likeness (QED) is 0.205. The summed E-state index contributed by atoms with van der Waals surface area (Å²) < 4.78 is 7.56. The molecule has 0 spiro atoms. The highest BCUT2D eigenvalue weighted by Gasteiger charge is 2.31. The number of piperazine rings is 1. The van der Waals surface area contributed by atoms with E-state index in [0.717, 1.165) is 112 Å². The number of rotatable bonds is 9. The second kappa shape index (κ2) is 17.0. The molecule has 4 aliphatic rings. The Kier molecular flexibility index (Phi) is 11.1. The minimum absolute atomic E-state index is 0.0188. The van der Waals surface area contributed by atoms with Crippen molar-refractivity contribution in [1.29, 1.82) is 5.26 Å². The molecule has 3 aliphatic heterocycles. The summed E-state index contributed by atoms with van der Waals surface area (Å²) in [5, 5.41) is 30.0. The molecule has 1 aliphatic carbocycles. The molecule has 9 rings (SSSR count). The van der Waals surface area contributed by atoms with Gasteiger partial charge in [-0.15, -0.1) is 10.2 Å². The van der Waals surface area contributed by atoms with Crippen LogP contribution in [0.15, 0.2) is 71.8 Å². The Morgan fingerprint density at radius 2 is 1.68 bits per heavy atom. The Balaban J connectivity index is 0.703. The van der Waals surface area contributed by atoms with Crippen LogP contribution in [0.5, 0.6) is 5.75 Å². The summed E-state index contributed by atoms with van der Waals surface area (Å²) in [6, 6.07) is 18.3. The lowest BCUT2D eigenvalue weighted by molar-refractivity contribution is -0.136. The molecule has 6 heterocycles. The van der Waals surface area contributed by atoms with Gasteiger partial charge in [0, 0.05) is 80.9 Å². The van der Waals surface area contributed by atoms with E-state index in [9.17, 15) is 24.4 Å². The van der Waals surface area contributed by atoms with Crippen molar-refractivity contribution in [3.8, 4) is 11.8 Å². The number of imide groups is 1. The van der Waals surface area contributed by atoms with Gasteiger partial charge in [0.1, 0.15) is 17.9 Å². The summed E-state index contributed by atoms with van der Waals surface area (Å²) in [7, 11) is 0. The molecule has 1 unspecified atom stereocenters. The number of pyridine rings is 1. The van der Waals surface area contributed by atoms with Gasteiger partial charge in [0.15, 0.2) is 11.5 Å². The van der Waals surface area contributed by atoms with E-state index >= 15 is 0 Å². The molecule has 1 atom stereocenters. The summed E-state index contributed by atoms with van der Waals surface area (Å²) in [6.07, 6.45) is 9.08. The number of piperidine rings is 2. The van der Waals surface area contributed by atoms with Crippen molar-refractivity contribution < 1.29 is 19.1 Å². The third-order valence-corrected chi connectivity index (χ3v) is 12.5. The molecule has 3 amide bonds. The first-order chi connectivity index (χ1) is 29.3. The van der Waals surface area contributed by atoms with Gasteiger partial charge in [0.2, 0.25) is 5.91 Å². The molecule has 1 saturated carbocycles. The van der Waals surface area contributed by atoms with Crippen molar-refractivity contribution in [2.24, 2.45) is 5.92 Å². The summed E-state index contributed by atoms with van der Waals surface area (Å²) in [4.78, 5) is 61.8. The third-order valence-electron chi connectivity index (χ3n) is 12.5. The zero-order valence-corrected chi connectivity index (χ0v) is 33.3. The summed E-state index contributed by atoms with van der Waals surface area (Å²) in [5.41, 5.74) is 2.20. The smallest absolute Gasteiger partial charge is 0.275 e. The zero-order valence-electron chi connectivity index (χ0n) is 33.3. The van der Waals surface area contributed by atoms with Gasteiger partial charge in [-0.05, 0) is 105 Å². The average molecular weight is 810 g/mol. The topological polar surface area (TPSA) is 192 Å². The first-order valence-corrected chi connectivity index (χ1v) is 21.0. The number of ether oxygens (including phenoxy) is 1. The second-order valence-electron chi connectivity index (χ2n) is 16.3. The van der Waals surface area contributed by atoms with Gasteiger partial charge in [0.05, 0.1) is 28.8 Å². The van der Waals surface area contributed by atoms with E-state index in [2.05, 4.69) is 51.7 Å². The number of amides is 3. The van der Waals surface area contributed by atoms with E-state index in [-0.39, 0.29) is 42.4 Å². The number of anilines is 2. The molecule has 2 aromatic carbocycles. The van der Waals surface area contributed by atoms with Crippen molar-refractivity contribution >= 4 is 50.9 Å². The summed E-state index contributed by atoms with van der Waals surface area (Å²) >= 11 is 0. The van der Waals surface area contributed by atoms with E-state index < -0.39 is 11.9 Å². The van der Waals surface area contributed by atoms with E-state index in [1.807, 2.05) is 42.5 Å². The fourth-order valence-electron chi connectivity index (χ4n) is 9.10. The molecule has 4 fully saturated rings. The lowest BCUT2D eigenvalue weighted by atomic mass is 9.92. The van der Waals surface area contributed by atoms with Crippen LogP contribution in [0.3, 0.4) is 0 Å². The Morgan fingerprint density at radius 3 is 2.43 bits per heavy atom. The Labute approximate surface area is 346 Å². The Morgan fingerprint density at radius 1 is 0.867 bits per heavy atom. The van der Waals surface area contributed by atoms with E-state index in [1.54, 1.807) is 24.5 Å². The number of nitrogens with one attached hydrogen (secondary N) is 2. The number of aromatic nitrogens is 5. The normalized spacial score (nSPS) is 21.8. The molecule has 16 nitrogen and oxygen atoms in total. The molecule has 3 saturated heterocycles. The van der Waals surface area contributed by atoms with E-state index in [0.29, 0.717) is 28.1 Å². The average Bonchev–Trinajstić information content (AvgIpc) is 3.28. The fourth-order valence-corrected chi connectivity index (χ4v) is 9.10. The Hall–Kier alpha value is -6.47. The number of benzene rings is 2. The SMILES string of the molecule is N#Cc1ccc(OC2CCC(NC(=O)c3ccc(N4CCC(CN5CCN(c6ccc7c(=O)n(C8CCC(=O)NC8=O)ncc7c6)CC5)CC4)nn3)CC2)c2cccnc12. The number of nitriles is 1. The van der Waals surface area contributed by atoms with Gasteiger partial charge in [-0.2, -0.15) is 10.4 Å². The fraction of sp³-hybridized carbons (Fsp3) is 0.432. The van der Waals surface area contributed by atoms with Gasteiger partial charge >= 0.3 is 0 Å². The summed E-state index contributed by atoms with van der Waals surface area (Å²) in [5.74, 6) is 1.08. The number of fused-ring (bicyclic) bond motifs is 2. The predicted molar refractivity (Wildman–Crippen MR) is 224 cm³/mol. The van der Waals surface area contributed by atoms with Gasteiger partial charge in [-0.25, -0.2) is 4.68 Å². The maximum atomic E-state index is 13.2. The second-order valence-corrected chi connectivity index (χ2v) is 16.3. The molecular formula is C44H47N11O5. The maximum Gasteiger partial charge on any atom is 0.275 e. The molecule has 5 aromatic rings. The van der Waals surface area contributed by atoms with Crippen LogP contribution in [-0.4, -0.2) is 106 Å². The largest absolute Gasteiger partial charge is 0.490 e. The molecule has 60 heavy (non-hydrogen) atoms. The lowest BCUT2D eigenvalue weighted by Gasteiger charge is -2.39. The van der Waals surface area contributed by atoms with Gasteiger partial charge in [-0.3, -0.25) is 34.4 Å². The van der Waals surface area contributed by atoms with Crippen molar-refractivity contribution in [1.82, 2.24) is 40.5 Å². The number of carbonyl (C=O) groups is 3. The summed E-state index contributed by atoms with van der Waals surface area (Å²) in [6.45, 7) is 6.49. The molecule has 0 bridgehead atoms. The van der Waals surface area contributed by atoms with Crippen molar-refractivity contribution in [2.75, 3.05) is 55.6 Å². The van der Waals surface area contributed by atoms with Crippen molar-refractivity contribution in [3.05, 3.63) is 88.6 Å². The monoisotopic (exact) mass is 809 g/mol. The standard InChI is InChI=1S/C44H47N11O5/c45-25-29-3-12-38(35-2-1-17-46-41(29)35)60-33-7-4-31(5-8-33)48-42(57)36-10-13-39(51-50-36)54-18-15-28(16-19-54)27-52-20-22-53(23-21-52)32-6-9-34-30(24-32)26-47-55(44(34)59)37-11-14-40(56)49-43(37)58/h1-3,6,9-10,12-13,17,24,26,28,31,33,37H,4-5,7-8,11,14-16,18-23,27H2,(H,48,57)(H,49,56,58). The third kappa shape index (κ3) is 8.22. The lowest BCUT2D eigenvalue weighted by Crippen LogP contribution is -2.49. The minimum atomic E-state index is -0.784. The van der Waals surface area contributed by atoms with Crippen LogP contribution in [0.2, 0.25) is 0 Å². The van der Waals surface area contributed by atoms with E-state index in [1.165, 1.54) is 4.68 Å². The number of hydrogen-bond acceptors (Lipinski definition) is 13. The van der Waals surface area contributed by atoms with Gasteiger partial charge < -0.3 is 19.9 Å². The van der Waals surface area contributed by atoms with Crippen LogP contribution >= 0.6 is 0 Å². The van der Waals surface area contributed by atoms with Crippen molar-refractivity contribution in [3.63, 3.8) is 0 Å². The van der Waals surface area contributed by atoms with Crippen LogP contribution < -0.4 is 30.7 Å². The first kappa shape index (κ1) is 39.0. The van der Waals surface area contributed by atoms with Gasteiger partial charge in [-0.1, -0.05) is 0 Å². The zero-order chi connectivity index (χ0) is 41.2. The highest BCUT2D eigenvalue weighted by Crippen LogP contribution is 2.31. The molecule has 0 radical (unpaired) electrons. The van der Waals surface area contributed by atoms with Crippen LogP contribution in [0.4, 0.5) is 11.5 Å². The molecule has 2 N–H and O–H groups in total. The molecule has 3 aromatic heterocycles. The van der Waals surface area contributed by atoms with E-state index in [4.69, 9.17) is 4.74 Å². The maximum absolute atomic E-state index is 13.2. The highest BCUT2D eigenvalue weighted by molar-refractivity contribution is 5.99. The number of carbonyl (C=O) groups excluding carboxylic acids is 3. The van der Waals surface area contributed by atoms with Crippen LogP contribution in [0, 0.1) is 17.2 Å². The van der Waals surface area contributed by atoms with Crippen LogP contribution in [-0.2, 0) is 9.59 Å². The van der Waals surface area contributed by atoms with Crippen molar-refractivity contribution in [2.45, 2.75) is 69.6 Å². The number of hydrogen-bond donors (Lipinski definition) is 2. The molecule has 16 heteroatoms. The molecule has 308 valence electrons. The predicted octanol–water partition coefficient (Wildman–Crippen LogP) is 3.74.